The molecule has 8 nitrogen and oxygen atoms in total. The third kappa shape index (κ3) is 3.93. The van der Waals surface area contributed by atoms with Crippen molar-refractivity contribution in [1.29, 1.82) is 0 Å². The Bertz CT molecular complexity index is 728. The van der Waals surface area contributed by atoms with Gasteiger partial charge in [-0.1, -0.05) is 11.3 Å². The molecule has 0 saturated carbocycles. The van der Waals surface area contributed by atoms with Crippen molar-refractivity contribution in [1.82, 2.24) is 9.88 Å². The first-order valence-electron chi connectivity index (χ1n) is 8.06. The summed E-state index contributed by atoms with van der Waals surface area (Å²) in [4.78, 5) is 18.4. The number of ether oxygens (including phenoxy) is 4. The molecule has 3 rings (SSSR count). The summed E-state index contributed by atoms with van der Waals surface area (Å²) in [6, 6.07) is 3.18. The van der Waals surface area contributed by atoms with Crippen LogP contribution in [0.4, 0.5) is 10.5 Å². The van der Waals surface area contributed by atoms with Crippen LogP contribution in [0.25, 0.3) is 0 Å². The highest BCUT2D eigenvalue weighted by atomic mass is 32.1. The number of benzene rings is 1. The second-order valence-corrected chi connectivity index (χ2v) is 6.47. The first-order valence-corrected chi connectivity index (χ1v) is 8.94. The smallest absolute Gasteiger partial charge is 0.321 e. The lowest BCUT2D eigenvalue weighted by Crippen LogP contribution is -2.34. The molecule has 1 N–H and O–H groups in total. The van der Waals surface area contributed by atoms with Crippen molar-refractivity contribution in [3.63, 3.8) is 0 Å². The van der Waals surface area contributed by atoms with Gasteiger partial charge in [0, 0.05) is 36.7 Å². The highest BCUT2D eigenvalue weighted by Crippen LogP contribution is 2.40. The number of carbonyl (C=O) groups excluding carboxylic acids is 1. The topological polar surface area (TPSA) is 82.2 Å². The highest BCUT2D eigenvalue weighted by Gasteiger charge is 2.28. The van der Waals surface area contributed by atoms with Gasteiger partial charge in [0.25, 0.3) is 5.19 Å². The highest BCUT2D eigenvalue weighted by molar-refractivity contribution is 7.11. The zero-order valence-electron chi connectivity index (χ0n) is 14.9. The molecule has 1 aromatic heterocycles. The van der Waals surface area contributed by atoms with Crippen molar-refractivity contribution >= 4 is 23.1 Å². The first-order chi connectivity index (χ1) is 12.6. The van der Waals surface area contributed by atoms with Crippen molar-refractivity contribution in [2.24, 2.45) is 0 Å². The number of likely N-dealkylation sites (tertiary alicyclic amines) is 1. The molecule has 1 fully saturated rings. The fourth-order valence-corrected chi connectivity index (χ4v) is 3.33. The van der Waals surface area contributed by atoms with Crippen molar-refractivity contribution in [2.75, 3.05) is 39.7 Å². The van der Waals surface area contributed by atoms with Gasteiger partial charge in [0.15, 0.2) is 11.5 Å². The number of nitrogens with one attached hydrogen (secondary N) is 1. The van der Waals surface area contributed by atoms with Crippen LogP contribution in [0.2, 0.25) is 0 Å². The van der Waals surface area contributed by atoms with E-state index in [2.05, 4.69) is 10.3 Å². The molecule has 9 heteroatoms. The van der Waals surface area contributed by atoms with E-state index in [-0.39, 0.29) is 12.1 Å². The summed E-state index contributed by atoms with van der Waals surface area (Å²) in [5, 5.41) is 5.35. The molecule has 0 spiro atoms. The second kappa shape index (κ2) is 8.13. The number of aromatic nitrogens is 1. The molecule has 0 radical (unpaired) electrons. The van der Waals surface area contributed by atoms with Crippen LogP contribution in [0.5, 0.6) is 22.4 Å². The summed E-state index contributed by atoms with van der Waals surface area (Å²) in [6.07, 6.45) is 2.42. The monoisotopic (exact) mass is 379 g/mol. The summed E-state index contributed by atoms with van der Waals surface area (Å²) in [5.74, 6) is 1.44. The number of methoxy groups -OCH3 is 3. The van der Waals surface area contributed by atoms with Gasteiger partial charge in [-0.3, -0.25) is 0 Å². The Morgan fingerprint density at radius 1 is 1.23 bits per heavy atom. The number of amides is 2. The van der Waals surface area contributed by atoms with Gasteiger partial charge in [-0.2, -0.15) is 0 Å². The number of urea groups is 1. The van der Waals surface area contributed by atoms with Gasteiger partial charge in [0.1, 0.15) is 6.10 Å². The maximum atomic E-state index is 12.5. The predicted octanol–water partition coefficient (Wildman–Crippen LogP) is 2.85. The third-order valence-electron chi connectivity index (χ3n) is 4.03. The Hall–Kier alpha value is -2.68. The Kier molecular flexibility index (Phi) is 5.67. The molecule has 1 unspecified atom stereocenters. The van der Waals surface area contributed by atoms with Crippen LogP contribution in [0.15, 0.2) is 23.7 Å². The van der Waals surface area contributed by atoms with E-state index < -0.39 is 0 Å². The first kappa shape index (κ1) is 18.1. The number of anilines is 1. The maximum absolute atomic E-state index is 12.5. The molecule has 26 heavy (non-hydrogen) atoms. The van der Waals surface area contributed by atoms with E-state index in [1.165, 1.54) is 32.7 Å². The lowest BCUT2D eigenvalue weighted by molar-refractivity contribution is 0.194. The molecular formula is C17H21N3O5S. The van der Waals surface area contributed by atoms with E-state index in [1.54, 1.807) is 23.2 Å². The lowest BCUT2D eigenvalue weighted by atomic mass is 10.2. The number of thiazole rings is 1. The van der Waals surface area contributed by atoms with Gasteiger partial charge in [-0.05, 0) is 0 Å². The minimum absolute atomic E-state index is 0.0492. The molecule has 2 aromatic rings. The van der Waals surface area contributed by atoms with Gasteiger partial charge >= 0.3 is 6.03 Å². The summed E-state index contributed by atoms with van der Waals surface area (Å²) in [5.41, 5.74) is 0.564. The number of rotatable bonds is 6. The molecule has 1 aromatic carbocycles. The van der Waals surface area contributed by atoms with Gasteiger partial charge in [0.05, 0.1) is 33.6 Å². The SMILES string of the molecule is COc1cc(NC(=O)N2CCC(Oc3nccs3)C2)cc(OC)c1OC. The van der Waals surface area contributed by atoms with E-state index in [9.17, 15) is 4.79 Å². The molecule has 1 aliphatic rings. The number of carbonyl (C=O) groups is 1. The normalized spacial score (nSPS) is 16.3. The average Bonchev–Trinajstić information content (AvgIpc) is 3.33. The number of nitrogens with zero attached hydrogens (tertiary/aromatic N) is 2. The molecule has 0 aliphatic carbocycles. The summed E-state index contributed by atoms with van der Waals surface area (Å²) >= 11 is 1.44. The molecule has 1 atom stereocenters. The van der Waals surface area contributed by atoms with Gasteiger partial charge in [-0.15, -0.1) is 0 Å². The Balaban J connectivity index is 1.64. The fourth-order valence-electron chi connectivity index (χ4n) is 2.78. The Morgan fingerprint density at radius 2 is 1.96 bits per heavy atom. The second-order valence-electron chi connectivity index (χ2n) is 5.62. The zero-order chi connectivity index (χ0) is 18.5. The van der Waals surface area contributed by atoms with Crippen LogP contribution >= 0.6 is 11.3 Å². The largest absolute Gasteiger partial charge is 0.493 e. The molecule has 1 saturated heterocycles. The predicted molar refractivity (Wildman–Crippen MR) is 97.8 cm³/mol. The van der Waals surface area contributed by atoms with Crippen molar-refractivity contribution in [3.8, 4) is 22.4 Å². The number of hydrogen-bond acceptors (Lipinski definition) is 7. The van der Waals surface area contributed by atoms with Crippen LogP contribution < -0.4 is 24.3 Å². The standard InChI is InChI=1S/C17H21N3O5S/c1-22-13-8-11(9-14(23-2)15(13)24-3)19-16(21)20-6-4-12(10-20)25-17-18-5-7-26-17/h5,7-9,12H,4,6,10H2,1-3H3,(H,19,21). The Labute approximate surface area is 155 Å². The molecule has 2 heterocycles. The van der Waals surface area contributed by atoms with Gasteiger partial charge in [0.2, 0.25) is 5.75 Å². The minimum Gasteiger partial charge on any atom is -0.493 e. The van der Waals surface area contributed by atoms with E-state index in [0.717, 1.165) is 6.42 Å². The van der Waals surface area contributed by atoms with Gasteiger partial charge in [-0.25, -0.2) is 9.78 Å². The van der Waals surface area contributed by atoms with Crippen LogP contribution in [-0.2, 0) is 0 Å². The number of hydrogen-bond donors (Lipinski definition) is 1. The lowest BCUT2D eigenvalue weighted by Gasteiger charge is -2.19. The average molecular weight is 379 g/mol. The van der Waals surface area contributed by atoms with Crippen molar-refractivity contribution in [2.45, 2.75) is 12.5 Å². The van der Waals surface area contributed by atoms with Crippen molar-refractivity contribution < 1.29 is 23.7 Å². The summed E-state index contributed by atoms with van der Waals surface area (Å²) < 4.78 is 21.7. The molecule has 140 valence electrons. The molecule has 0 bridgehead atoms. The summed E-state index contributed by atoms with van der Waals surface area (Å²) in [7, 11) is 4.60. The molecule has 2 amide bonds. The third-order valence-corrected chi connectivity index (χ3v) is 4.69. The van der Waals surface area contributed by atoms with Crippen LogP contribution in [0.1, 0.15) is 6.42 Å². The minimum atomic E-state index is -0.204. The molecular weight excluding hydrogens is 358 g/mol. The maximum Gasteiger partial charge on any atom is 0.321 e. The van der Waals surface area contributed by atoms with E-state index in [1.807, 2.05) is 5.38 Å². The quantitative estimate of drug-likeness (QED) is 0.831. The van der Waals surface area contributed by atoms with E-state index in [0.29, 0.717) is 41.2 Å². The van der Waals surface area contributed by atoms with Crippen LogP contribution in [-0.4, -0.2) is 56.4 Å². The van der Waals surface area contributed by atoms with E-state index >= 15 is 0 Å². The van der Waals surface area contributed by atoms with Crippen LogP contribution in [0, 0.1) is 0 Å². The van der Waals surface area contributed by atoms with E-state index in [4.69, 9.17) is 18.9 Å². The Morgan fingerprint density at radius 3 is 2.54 bits per heavy atom. The van der Waals surface area contributed by atoms with Gasteiger partial charge < -0.3 is 29.2 Å². The zero-order valence-corrected chi connectivity index (χ0v) is 15.7. The van der Waals surface area contributed by atoms with Crippen LogP contribution in [0.3, 0.4) is 0 Å². The molecule has 1 aliphatic heterocycles. The van der Waals surface area contributed by atoms with Crippen molar-refractivity contribution in [3.05, 3.63) is 23.7 Å². The summed E-state index contributed by atoms with van der Waals surface area (Å²) in [6.45, 7) is 1.13. The fraction of sp³-hybridized carbons (Fsp3) is 0.412.